The molecule has 1 aromatic heterocycles. The third kappa shape index (κ3) is 3.43. The third-order valence-corrected chi connectivity index (χ3v) is 5.65. The van der Waals surface area contributed by atoms with Crippen molar-refractivity contribution >= 4 is 33.4 Å². The van der Waals surface area contributed by atoms with Crippen LogP contribution in [0.15, 0.2) is 70.6 Å². The van der Waals surface area contributed by atoms with Crippen molar-refractivity contribution in [2.75, 3.05) is 7.11 Å². The molecule has 4 rings (SSSR count). The Morgan fingerprint density at radius 3 is 2.56 bits per heavy atom. The van der Waals surface area contributed by atoms with Crippen molar-refractivity contribution in [3.63, 3.8) is 0 Å². The zero-order valence-corrected chi connectivity index (χ0v) is 16.1. The minimum atomic E-state index is 0.0152. The van der Waals surface area contributed by atoms with E-state index in [0.717, 1.165) is 38.5 Å². The summed E-state index contributed by atoms with van der Waals surface area (Å²) in [6, 6.07) is 20.0. The van der Waals surface area contributed by atoms with Crippen LogP contribution in [-0.4, -0.2) is 16.7 Å². The van der Waals surface area contributed by atoms with Crippen LogP contribution in [0.1, 0.15) is 12.5 Å². The molecule has 0 spiro atoms. The minimum absolute atomic E-state index is 0.0152. The first-order valence-corrected chi connectivity index (χ1v) is 9.87. The van der Waals surface area contributed by atoms with Crippen LogP contribution in [0, 0.1) is 0 Å². The van der Waals surface area contributed by atoms with Gasteiger partial charge in [-0.1, -0.05) is 48.2 Å². The summed E-state index contributed by atoms with van der Waals surface area (Å²) >= 11 is 1.57. The smallest absolute Gasteiger partial charge is 0.262 e. The van der Waals surface area contributed by atoms with E-state index in [4.69, 9.17) is 9.72 Å². The zero-order valence-electron chi connectivity index (χ0n) is 15.3. The van der Waals surface area contributed by atoms with E-state index in [9.17, 15) is 4.79 Å². The summed E-state index contributed by atoms with van der Waals surface area (Å²) in [4.78, 5) is 17.8. The molecule has 4 nitrogen and oxygen atoms in total. The van der Waals surface area contributed by atoms with Gasteiger partial charge in [0.25, 0.3) is 5.56 Å². The molecule has 0 fully saturated rings. The molecule has 1 heterocycles. The number of fused-ring (bicyclic) bond motifs is 2. The highest BCUT2D eigenvalue weighted by molar-refractivity contribution is 7.98. The summed E-state index contributed by atoms with van der Waals surface area (Å²) in [6.45, 7) is 2.57. The lowest BCUT2D eigenvalue weighted by Gasteiger charge is -2.12. The maximum atomic E-state index is 13.0. The van der Waals surface area contributed by atoms with Crippen LogP contribution >= 0.6 is 11.8 Å². The largest absolute Gasteiger partial charge is 0.497 e. The van der Waals surface area contributed by atoms with Gasteiger partial charge >= 0.3 is 0 Å². The summed E-state index contributed by atoms with van der Waals surface area (Å²) in [5.74, 6) is 1.56. The lowest BCUT2D eigenvalue weighted by atomic mass is 10.1. The Labute approximate surface area is 161 Å². The highest BCUT2D eigenvalue weighted by Crippen LogP contribution is 2.26. The molecule has 4 aromatic rings. The Hall–Kier alpha value is -2.79. The van der Waals surface area contributed by atoms with Gasteiger partial charge in [-0.15, -0.1) is 0 Å². The van der Waals surface area contributed by atoms with E-state index in [-0.39, 0.29) is 5.56 Å². The maximum Gasteiger partial charge on any atom is 0.262 e. The highest BCUT2D eigenvalue weighted by Gasteiger charge is 2.12. The molecule has 0 unspecified atom stereocenters. The standard InChI is InChI=1S/C22H20N2O2S/c1-3-24-21(25)19-12-16-8-4-5-9-17(16)13-20(19)23-22(24)27-14-15-7-6-10-18(11-15)26-2/h4-13H,3,14H2,1-2H3. The fourth-order valence-corrected chi connectivity index (χ4v) is 4.19. The fourth-order valence-electron chi connectivity index (χ4n) is 3.19. The van der Waals surface area contributed by atoms with E-state index in [1.807, 2.05) is 61.5 Å². The third-order valence-electron chi connectivity index (χ3n) is 4.60. The van der Waals surface area contributed by atoms with Crippen LogP contribution in [0.2, 0.25) is 0 Å². The summed E-state index contributed by atoms with van der Waals surface area (Å²) in [5.41, 5.74) is 1.90. The van der Waals surface area contributed by atoms with Gasteiger partial charge in [0, 0.05) is 12.3 Å². The van der Waals surface area contributed by atoms with Gasteiger partial charge in [-0.25, -0.2) is 4.98 Å². The van der Waals surface area contributed by atoms with E-state index in [0.29, 0.717) is 11.9 Å². The second kappa shape index (κ2) is 7.45. The monoisotopic (exact) mass is 376 g/mol. The van der Waals surface area contributed by atoms with Crippen molar-refractivity contribution in [1.29, 1.82) is 0 Å². The molecular formula is C22H20N2O2S. The first kappa shape index (κ1) is 17.6. The predicted molar refractivity (Wildman–Crippen MR) is 112 cm³/mol. The van der Waals surface area contributed by atoms with Crippen LogP contribution in [0.25, 0.3) is 21.7 Å². The van der Waals surface area contributed by atoms with Gasteiger partial charge in [0.2, 0.25) is 0 Å². The SMILES string of the molecule is CCn1c(SCc2cccc(OC)c2)nc2cc3ccccc3cc2c1=O. The molecule has 0 radical (unpaired) electrons. The Kier molecular flexibility index (Phi) is 4.86. The number of thioether (sulfide) groups is 1. The van der Waals surface area contributed by atoms with Crippen molar-refractivity contribution < 1.29 is 4.74 Å². The summed E-state index contributed by atoms with van der Waals surface area (Å²) in [6.07, 6.45) is 0. The second-order valence-corrected chi connectivity index (χ2v) is 7.24. The van der Waals surface area contributed by atoms with Gasteiger partial charge in [-0.05, 0) is 47.5 Å². The molecule has 0 aliphatic carbocycles. The number of benzene rings is 3. The molecule has 0 saturated heterocycles. The fraction of sp³-hybridized carbons (Fsp3) is 0.182. The molecule has 0 aliphatic heterocycles. The summed E-state index contributed by atoms with van der Waals surface area (Å²) < 4.78 is 7.04. The van der Waals surface area contributed by atoms with Crippen LogP contribution in [0.4, 0.5) is 0 Å². The van der Waals surface area contributed by atoms with Crippen LogP contribution in [0.5, 0.6) is 5.75 Å². The van der Waals surface area contributed by atoms with Crippen molar-refractivity contribution in [3.05, 3.63) is 76.6 Å². The van der Waals surface area contributed by atoms with Crippen LogP contribution < -0.4 is 10.3 Å². The Bertz CT molecular complexity index is 1180. The molecule has 0 aliphatic rings. The maximum absolute atomic E-state index is 13.0. The van der Waals surface area contributed by atoms with E-state index >= 15 is 0 Å². The number of rotatable bonds is 5. The number of aromatic nitrogens is 2. The summed E-state index contributed by atoms with van der Waals surface area (Å²) in [5, 5.41) is 3.56. The van der Waals surface area contributed by atoms with Gasteiger partial charge in [-0.2, -0.15) is 0 Å². The molecule has 0 saturated carbocycles. The Morgan fingerprint density at radius 2 is 1.81 bits per heavy atom. The van der Waals surface area contributed by atoms with E-state index in [1.165, 1.54) is 0 Å². The number of nitrogens with zero attached hydrogens (tertiary/aromatic N) is 2. The van der Waals surface area contributed by atoms with E-state index in [1.54, 1.807) is 23.4 Å². The Balaban J connectivity index is 1.77. The quantitative estimate of drug-likeness (QED) is 0.283. The number of hydrogen-bond acceptors (Lipinski definition) is 4. The van der Waals surface area contributed by atoms with Crippen molar-refractivity contribution in [2.45, 2.75) is 24.4 Å². The average molecular weight is 376 g/mol. The topological polar surface area (TPSA) is 44.1 Å². The molecule has 0 N–H and O–H groups in total. The van der Waals surface area contributed by atoms with Gasteiger partial charge in [0.05, 0.1) is 18.0 Å². The zero-order chi connectivity index (χ0) is 18.8. The van der Waals surface area contributed by atoms with Gasteiger partial charge < -0.3 is 4.74 Å². The first-order valence-electron chi connectivity index (χ1n) is 8.88. The predicted octanol–water partition coefficient (Wildman–Crippen LogP) is 4.87. The van der Waals surface area contributed by atoms with Crippen molar-refractivity contribution in [1.82, 2.24) is 9.55 Å². The number of ether oxygens (including phenoxy) is 1. The van der Waals surface area contributed by atoms with Gasteiger partial charge in [0.1, 0.15) is 5.75 Å². The first-order chi connectivity index (χ1) is 13.2. The normalized spacial score (nSPS) is 11.2. The number of hydrogen-bond donors (Lipinski definition) is 0. The summed E-state index contributed by atoms with van der Waals surface area (Å²) in [7, 11) is 1.66. The highest BCUT2D eigenvalue weighted by atomic mass is 32.2. The second-order valence-electron chi connectivity index (χ2n) is 6.30. The number of methoxy groups -OCH3 is 1. The molecule has 5 heteroatoms. The lowest BCUT2D eigenvalue weighted by molar-refractivity contribution is 0.414. The van der Waals surface area contributed by atoms with Gasteiger partial charge in [0.15, 0.2) is 5.16 Å². The Morgan fingerprint density at radius 1 is 1.04 bits per heavy atom. The van der Waals surface area contributed by atoms with Crippen LogP contribution in [0.3, 0.4) is 0 Å². The molecule has 0 atom stereocenters. The molecule has 27 heavy (non-hydrogen) atoms. The van der Waals surface area contributed by atoms with E-state index in [2.05, 4.69) is 6.07 Å². The van der Waals surface area contributed by atoms with Gasteiger partial charge in [-0.3, -0.25) is 9.36 Å². The molecule has 0 bridgehead atoms. The van der Waals surface area contributed by atoms with Crippen LogP contribution in [-0.2, 0) is 12.3 Å². The average Bonchev–Trinajstić information content (AvgIpc) is 2.71. The van der Waals surface area contributed by atoms with Crippen molar-refractivity contribution in [2.24, 2.45) is 0 Å². The molecule has 136 valence electrons. The molecule has 3 aromatic carbocycles. The minimum Gasteiger partial charge on any atom is -0.497 e. The van der Waals surface area contributed by atoms with Crippen molar-refractivity contribution in [3.8, 4) is 5.75 Å². The molecular weight excluding hydrogens is 356 g/mol. The van der Waals surface area contributed by atoms with E-state index < -0.39 is 0 Å². The lowest BCUT2D eigenvalue weighted by Crippen LogP contribution is -2.22. The molecule has 0 amide bonds.